The SMILES string of the molecule is CCCCN1C[C@H]2N(C(=O)CN(C)N2C(=O)NCc2ccccc2)[C@@H](Cc2ccc(Cl)cc2)C1=O. The number of rotatable bonds is 7. The molecular formula is C26H32ClN5O3. The number of nitrogens with one attached hydrogen (secondary N) is 1. The van der Waals surface area contributed by atoms with Gasteiger partial charge in [-0.3, -0.25) is 9.59 Å². The summed E-state index contributed by atoms with van der Waals surface area (Å²) in [6.45, 7) is 3.35. The Kier molecular flexibility index (Phi) is 7.93. The zero-order valence-electron chi connectivity index (χ0n) is 20.2. The maximum absolute atomic E-state index is 13.5. The second kappa shape index (κ2) is 11.1. The third kappa shape index (κ3) is 5.60. The Morgan fingerprint density at radius 3 is 2.46 bits per heavy atom. The van der Waals surface area contributed by atoms with Gasteiger partial charge in [0.1, 0.15) is 12.2 Å². The van der Waals surface area contributed by atoms with Crippen LogP contribution in [0.15, 0.2) is 54.6 Å². The molecule has 2 saturated heterocycles. The van der Waals surface area contributed by atoms with E-state index in [2.05, 4.69) is 12.2 Å². The molecule has 2 fully saturated rings. The molecule has 8 nitrogen and oxygen atoms in total. The monoisotopic (exact) mass is 497 g/mol. The fraction of sp³-hybridized carbons (Fsp3) is 0.423. The van der Waals surface area contributed by atoms with Crippen LogP contribution in [0.2, 0.25) is 5.02 Å². The van der Waals surface area contributed by atoms with Gasteiger partial charge in [-0.2, -0.15) is 0 Å². The van der Waals surface area contributed by atoms with Crippen LogP contribution in [0.4, 0.5) is 4.79 Å². The molecule has 2 heterocycles. The Morgan fingerprint density at radius 1 is 1.06 bits per heavy atom. The number of carbonyl (C=O) groups is 3. The molecular weight excluding hydrogens is 466 g/mol. The van der Waals surface area contributed by atoms with Crippen molar-refractivity contribution in [1.29, 1.82) is 0 Å². The van der Waals surface area contributed by atoms with Crippen molar-refractivity contribution in [3.05, 3.63) is 70.7 Å². The Labute approximate surface area is 211 Å². The fourth-order valence-electron chi connectivity index (χ4n) is 4.75. The number of unbranched alkanes of at least 4 members (excludes halogenated alkanes) is 1. The van der Waals surface area contributed by atoms with Crippen molar-refractivity contribution in [2.75, 3.05) is 26.7 Å². The highest BCUT2D eigenvalue weighted by molar-refractivity contribution is 6.30. The van der Waals surface area contributed by atoms with Crippen LogP contribution in [0, 0.1) is 0 Å². The molecule has 2 aromatic rings. The largest absolute Gasteiger partial charge is 0.337 e. The molecule has 2 aliphatic heterocycles. The maximum atomic E-state index is 13.5. The van der Waals surface area contributed by atoms with Crippen molar-refractivity contribution >= 4 is 29.4 Å². The molecule has 2 atom stereocenters. The molecule has 0 saturated carbocycles. The number of urea groups is 1. The summed E-state index contributed by atoms with van der Waals surface area (Å²) in [6, 6.07) is 16.0. The van der Waals surface area contributed by atoms with Gasteiger partial charge in [-0.1, -0.05) is 67.4 Å². The normalized spacial score (nSPS) is 20.7. The van der Waals surface area contributed by atoms with Gasteiger partial charge in [0.15, 0.2) is 0 Å². The van der Waals surface area contributed by atoms with Crippen LogP contribution in [0.3, 0.4) is 0 Å². The summed E-state index contributed by atoms with van der Waals surface area (Å²) < 4.78 is 0. The lowest BCUT2D eigenvalue weighted by molar-refractivity contribution is -0.186. The minimum atomic E-state index is -0.683. The number of hydrogen-bond donors (Lipinski definition) is 1. The summed E-state index contributed by atoms with van der Waals surface area (Å²) in [4.78, 5) is 43.6. The van der Waals surface area contributed by atoms with Crippen LogP contribution in [0.25, 0.3) is 0 Å². The predicted molar refractivity (Wildman–Crippen MR) is 134 cm³/mol. The number of carbonyl (C=O) groups excluding carboxylic acids is 3. The van der Waals surface area contributed by atoms with Crippen LogP contribution in [0.1, 0.15) is 30.9 Å². The first-order valence-electron chi connectivity index (χ1n) is 12.1. The lowest BCUT2D eigenvalue weighted by atomic mass is 9.98. The van der Waals surface area contributed by atoms with Gasteiger partial charge >= 0.3 is 6.03 Å². The van der Waals surface area contributed by atoms with Gasteiger partial charge in [0, 0.05) is 31.6 Å². The zero-order chi connectivity index (χ0) is 24.9. The highest BCUT2D eigenvalue weighted by Gasteiger charge is 2.50. The summed E-state index contributed by atoms with van der Waals surface area (Å²) in [5.74, 6) is -0.237. The van der Waals surface area contributed by atoms with Crippen molar-refractivity contribution in [3.8, 4) is 0 Å². The van der Waals surface area contributed by atoms with Gasteiger partial charge in [-0.05, 0) is 29.7 Å². The predicted octanol–water partition coefficient (Wildman–Crippen LogP) is 3.12. The number of likely N-dealkylation sites (N-methyl/N-ethyl adjacent to an activating group) is 1. The summed E-state index contributed by atoms with van der Waals surface area (Å²) in [7, 11) is 1.73. The first-order valence-corrected chi connectivity index (χ1v) is 12.4. The van der Waals surface area contributed by atoms with E-state index in [9.17, 15) is 14.4 Å². The van der Waals surface area contributed by atoms with Gasteiger partial charge in [0.2, 0.25) is 11.8 Å². The number of halogens is 1. The van der Waals surface area contributed by atoms with E-state index in [1.807, 2.05) is 42.5 Å². The summed E-state index contributed by atoms with van der Waals surface area (Å²) >= 11 is 6.04. The third-order valence-corrected chi connectivity index (χ3v) is 6.81. The van der Waals surface area contributed by atoms with Gasteiger partial charge in [0.05, 0.1) is 13.1 Å². The maximum Gasteiger partial charge on any atom is 0.334 e. The smallest absolute Gasteiger partial charge is 0.334 e. The number of amides is 4. The Balaban J connectivity index is 1.61. The van der Waals surface area contributed by atoms with Gasteiger partial charge in [0.25, 0.3) is 0 Å². The second-order valence-electron chi connectivity index (χ2n) is 9.07. The molecule has 0 bridgehead atoms. The number of hydrogen-bond acceptors (Lipinski definition) is 4. The minimum absolute atomic E-state index is 0.0224. The average Bonchev–Trinajstić information content (AvgIpc) is 2.85. The molecule has 4 amide bonds. The average molecular weight is 498 g/mol. The van der Waals surface area contributed by atoms with E-state index in [-0.39, 0.29) is 30.9 Å². The molecule has 1 N–H and O–H groups in total. The van der Waals surface area contributed by atoms with E-state index in [1.54, 1.807) is 39.0 Å². The molecule has 2 aliphatic rings. The molecule has 0 radical (unpaired) electrons. The molecule has 4 rings (SSSR count). The van der Waals surface area contributed by atoms with Crippen molar-refractivity contribution in [2.24, 2.45) is 0 Å². The molecule has 35 heavy (non-hydrogen) atoms. The molecule has 0 unspecified atom stereocenters. The van der Waals surface area contributed by atoms with Crippen molar-refractivity contribution in [2.45, 2.75) is 44.9 Å². The number of benzene rings is 2. The van der Waals surface area contributed by atoms with Gasteiger partial charge in [-0.15, -0.1) is 0 Å². The topological polar surface area (TPSA) is 76.2 Å². The number of nitrogens with zero attached hydrogens (tertiary/aromatic N) is 4. The summed E-state index contributed by atoms with van der Waals surface area (Å²) in [5.41, 5.74) is 1.90. The molecule has 0 spiro atoms. The fourth-order valence-corrected chi connectivity index (χ4v) is 4.88. The van der Waals surface area contributed by atoms with Crippen LogP contribution in [0.5, 0.6) is 0 Å². The Bertz CT molecular complexity index is 1050. The minimum Gasteiger partial charge on any atom is -0.337 e. The lowest BCUT2D eigenvalue weighted by Crippen LogP contribution is -2.76. The van der Waals surface area contributed by atoms with Crippen molar-refractivity contribution in [3.63, 3.8) is 0 Å². The van der Waals surface area contributed by atoms with Crippen molar-refractivity contribution in [1.82, 2.24) is 25.1 Å². The first kappa shape index (κ1) is 25.0. The molecule has 9 heteroatoms. The molecule has 0 aliphatic carbocycles. The zero-order valence-corrected chi connectivity index (χ0v) is 20.9. The van der Waals surface area contributed by atoms with E-state index in [1.165, 1.54) is 0 Å². The number of fused-ring (bicyclic) bond motifs is 1. The quantitative estimate of drug-likeness (QED) is 0.637. The van der Waals surface area contributed by atoms with Crippen LogP contribution in [-0.2, 0) is 22.6 Å². The van der Waals surface area contributed by atoms with E-state index in [4.69, 9.17) is 11.6 Å². The Hall–Kier alpha value is -3.10. The van der Waals surface area contributed by atoms with Gasteiger partial charge < -0.3 is 15.1 Å². The number of piperazine rings is 1. The van der Waals surface area contributed by atoms with E-state index in [0.29, 0.717) is 24.5 Å². The summed E-state index contributed by atoms with van der Waals surface area (Å²) in [6.07, 6.45) is 1.59. The van der Waals surface area contributed by atoms with E-state index < -0.39 is 12.2 Å². The third-order valence-electron chi connectivity index (χ3n) is 6.56. The van der Waals surface area contributed by atoms with E-state index in [0.717, 1.165) is 24.0 Å². The second-order valence-corrected chi connectivity index (χ2v) is 9.51. The van der Waals surface area contributed by atoms with Gasteiger partial charge in [-0.25, -0.2) is 14.8 Å². The standard InChI is InChI=1S/C26H32ClN5O3/c1-3-4-14-30-17-23-31(22(25(30)34)15-19-10-12-21(27)13-11-19)24(33)18-29(2)32(23)26(35)28-16-20-8-6-5-7-9-20/h5-13,22-23H,3-4,14-18H2,1-2H3,(H,28,35)/t22-,23-/m0/s1. The Morgan fingerprint density at radius 2 is 1.77 bits per heavy atom. The molecule has 186 valence electrons. The highest BCUT2D eigenvalue weighted by atomic mass is 35.5. The van der Waals surface area contributed by atoms with Crippen molar-refractivity contribution < 1.29 is 14.4 Å². The van der Waals surface area contributed by atoms with Crippen LogP contribution >= 0.6 is 11.6 Å². The number of hydrazine groups is 1. The molecule has 0 aromatic heterocycles. The lowest BCUT2D eigenvalue weighted by Gasteiger charge is -2.54. The van der Waals surface area contributed by atoms with Crippen LogP contribution in [-0.4, -0.2) is 76.6 Å². The first-order chi connectivity index (χ1) is 16.9. The van der Waals surface area contributed by atoms with E-state index >= 15 is 0 Å². The summed E-state index contributed by atoms with van der Waals surface area (Å²) in [5, 5.41) is 6.83. The molecule has 2 aromatic carbocycles. The highest BCUT2D eigenvalue weighted by Crippen LogP contribution is 2.28. The van der Waals surface area contributed by atoms with Crippen LogP contribution < -0.4 is 5.32 Å².